The molecule has 1 heterocycles. The first-order valence-electron chi connectivity index (χ1n) is 4.49. The van der Waals surface area contributed by atoms with Crippen LogP contribution in [0.15, 0.2) is 18.7 Å². The van der Waals surface area contributed by atoms with Crippen LogP contribution in [0.5, 0.6) is 0 Å². The number of aromatic nitrogens is 2. The fourth-order valence-electron chi connectivity index (χ4n) is 1.02. The average Bonchev–Trinajstić information content (AvgIpc) is 2.50. The van der Waals surface area contributed by atoms with Gasteiger partial charge in [0.25, 0.3) is 0 Å². The van der Waals surface area contributed by atoms with Crippen molar-refractivity contribution < 1.29 is 4.79 Å². The van der Waals surface area contributed by atoms with E-state index in [0.29, 0.717) is 12.2 Å². The molecule has 0 fully saturated rings. The van der Waals surface area contributed by atoms with E-state index in [2.05, 4.69) is 4.98 Å². The number of hydrogen-bond acceptors (Lipinski definition) is 2. The van der Waals surface area contributed by atoms with Gasteiger partial charge in [0.05, 0.1) is 6.33 Å². The molecular formula is C10H16N2O. The molecule has 1 rings (SSSR count). The van der Waals surface area contributed by atoms with E-state index in [1.54, 1.807) is 12.5 Å². The molecule has 0 aromatic carbocycles. The van der Waals surface area contributed by atoms with Gasteiger partial charge in [-0.3, -0.25) is 4.79 Å². The van der Waals surface area contributed by atoms with E-state index in [1.807, 2.05) is 31.5 Å². The molecule has 0 radical (unpaired) electrons. The summed E-state index contributed by atoms with van der Waals surface area (Å²) in [5, 5.41) is 0. The van der Waals surface area contributed by atoms with E-state index < -0.39 is 0 Å². The van der Waals surface area contributed by atoms with Gasteiger partial charge in [0, 0.05) is 30.8 Å². The molecule has 0 saturated carbocycles. The van der Waals surface area contributed by atoms with Gasteiger partial charge in [-0.05, 0) is 0 Å². The Labute approximate surface area is 78.8 Å². The third-order valence-corrected chi connectivity index (χ3v) is 1.99. The smallest absolute Gasteiger partial charge is 0.139 e. The number of rotatable bonds is 3. The number of imidazole rings is 1. The van der Waals surface area contributed by atoms with Crippen LogP contribution in [-0.4, -0.2) is 15.3 Å². The van der Waals surface area contributed by atoms with Gasteiger partial charge in [-0.25, -0.2) is 4.98 Å². The van der Waals surface area contributed by atoms with Gasteiger partial charge in [0.15, 0.2) is 0 Å². The second kappa shape index (κ2) is 3.73. The van der Waals surface area contributed by atoms with Crippen LogP contribution >= 0.6 is 0 Å². The fraction of sp³-hybridized carbons (Fsp3) is 0.600. The van der Waals surface area contributed by atoms with Crippen molar-refractivity contribution in [3.8, 4) is 0 Å². The molecule has 1 aromatic rings. The van der Waals surface area contributed by atoms with Crippen LogP contribution in [0.2, 0.25) is 0 Å². The summed E-state index contributed by atoms with van der Waals surface area (Å²) in [6, 6.07) is 0. The van der Waals surface area contributed by atoms with Gasteiger partial charge in [0.1, 0.15) is 5.78 Å². The van der Waals surface area contributed by atoms with Crippen molar-refractivity contribution in [2.75, 3.05) is 0 Å². The summed E-state index contributed by atoms with van der Waals surface area (Å²) < 4.78 is 1.92. The fourth-order valence-corrected chi connectivity index (χ4v) is 1.02. The maximum absolute atomic E-state index is 11.5. The average molecular weight is 180 g/mol. The minimum absolute atomic E-state index is 0.222. The molecule has 0 spiro atoms. The molecule has 1 aromatic heterocycles. The van der Waals surface area contributed by atoms with E-state index in [-0.39, 0.29) is 5.41 Å². The van der Waals surface area contributed by atoms with Gasteiger partial charge in [-0.2, -0.15) is 0 Å². The van der Waals surface area contributed by atoms with E-state index in [9.17, 15) is 4.79 Å². The summed E-state index contributed by atoms with van der Waals surface area (Å²) in [6.45, 7) is 6.58. The quantitative estimate of drug-likeness (QED) is 0.712. The lowest BCUT2D eigenvalue weighted by Gasteiger charge is -2.16. The lowest BCUT2D eigenvalue weighted by Crippen LogP contribution is -2.21. The predicted octanol–water partition coefficient (Wildman–Crippen LogP) is 1.89. The molecule has 13 heavy (non-hydrogen) atoms. The highest BCUT2D eigenvalue weighted by atomic mass is 16.1. The zero-order chi connectivity index (χ0) is 9.90. The number of carbonyl (C=O) groups excluding carboxylic acids is 1. The Morgan fingerprint density at radius 3 is 2.62 bits per heavy atom. The van der Waals surface area contributed by atoms with Crippen LogP contribution in [0.4, 0.5) is 0 Å². The maximum Gasteiger partial charge on any atom is 0.139 e. The number of nitrogens with zero attached hydrogens (tertiary/aromatic N) is 2. The summed E-state index contributed by atoms with van der Waals surface area (Å²) in [7, 11) is 0. The highest BCUT2D eigenvalue weighted by Gasteiger charge is 2.20. The highest BCUT2D eigenvalue weighted by molar-refractivity contribution is 5.83. The Balaban J connectivity index is 2.40. The van der Waals surface area contributed by atoms with Crippen molar-refractivity contribution in [3.05, 3.63) is 18.7 Å². The molecule has 0 N–H and O–H groups in total. The number of Topliss-reactive ketones (excluding diaryl/α,β-unsaturated/α-hetero) is 1. The summed E-state index contributed by atoms with van der Waals surface area (Å²) in [5.74, 6) is 0.293. The zero-order valence-electron chi connectivity index (χ0n) is 8.45. The topological polar surface area (TPSA) is 34.9 Å². The molecule has 72 valence electrons. The number of aryl methyl sites for hydroxylation is 1. The Morgan fingerprint density at radius 2 is 2.15 bits per heavy atom. The van der Waals surface area contributed by atoms with Crippen molar-refractivity contribution >= 4 is 5.78 Å². The molecule has 0 amide bonds. The molecule has 0 aliphatic rings. The third kappa shape index (κ3) is 3.01. The zero-order valence-corrected chi connectivity index (χ0v) is 8.45. The van der Waals surface area contributed by atoms with Crippen LogP contribution in [0, 0.1) is 5.41 Å². The summed E-state index contributed by atoms with van der Waals surface area (Å²) in [5.41, 5.74) is -0.222. The van der Waals surface area contributed by atoms with Crippen LogP contribution in [0.25, 0.3) is 0 Å². The van der Waals surface area contributed by atoms with Crippen molar-refractivity contribution in [1.82, 2.24) is 9.55 Å². The molecule has 0 bridgehead atoms. The minimum atomic E-state index is -0.222. The summed E-state index contributed by atoms with van der Waals surface area (Å²) >= 11 is 0. The minimum Gasteiger partial charge on any atom is -0.337 e. The SMILES string of the molecule is CC(C)(C)C(=O)CCn1ccnc1. The van der Waals surface area contributed by atoms with E-state index in [4.69, 9.17) is 0 Å². The Hall–Kier alpha value is -1.12. The Kier molecular flexibility index (Phi) is 2.86. The van der Waals surface area contributed by atoms with Crippen molar-refractivity contribution in [1.29, 1.82) is 0 Å². The third-order valence-electron chi connectivity index (χ3n) is 1.99. The molecular weight excluding hydrogens is 164 g/mol. The molecule has 0 aliphatic carbocycles. The van der Waals surface area contributed by atoms with Gasteiger partial charge in [-0.1, -0.05) is 20.8 Å². The summed E-state index contributed by atoms with van der Waals surface area (Å²) in [6.07, 6.45) is 5.91. The number of hydrogen-bond donors (Lipinski definition) is 0. The molecule has 3 nitrogen and oxygen atoms in total. The van der Waals surface area contributed by atoms with Crippen molar-refractivity contribution in [3.63, 3.8) is 0 Å². The molecule has 3 heteroatoms. The van der Waals surface area contributed by atoms with Crippen molar-refractivity contribution in [2.45, 2.75) is 33.7 Å². The Morgan fingerprint density at radius 1 is 1.46 bits per heavy atom. The largest absolute Gasteiger partial charge is 0.337 e. The monoisotopic (exact) mass is 180 g/mol. The molecule has 0 atom stereocenters. The molecule has 0 unspecified atom stereocenters. The second-order valence-corrected chi connectivity index (χ2v) is 4.22. The van der Waals surface area contributed by atoms with Crippen LogP contribution < -0.4 is 0 Å². The first-order valence-corrected chi connectivity index (χ1v) is 4.49. The molecule has 0 saturated heterocycles. The highest BCUT2D eigenvalue weighted by Crippen LogP contribution is 2.16. The van der Waals surface area contributed by atoms with Gasteiger partial charge in [0.2, 0.25) is 0 Å². The number of carbonyl (C=O) groups is 1. The first kappa shape index (κ1) is 9.96. The van der Waals surface area contributed by atoms with Gasteiger partial charge < -0.3 is 4.57 Å². The van der Waals surface area contributed by atoms with Crippen molar-refractivity contribution in [2.24, 2.45) is 5.41 Å². The van der Waals surface area contributed by atoms with E-state index in [1.165, 1.54) is 0 Å². The van der Waals surface area contributed by atoms with Crippen LogP contribution in [-0.2, 0) is 11.3 Å². The summed E-state index contributed by atoms with van der Waals surface area (Å²) in [4.78, 5) is 15.4. The molecule has 0 aliphatic heterocycles. The van der Waals surface area contributed by atoms with Gasteiger partial charge >= 0.3 is 0 Å². The maximum atomic E-state index is 11.5. The van der Waals surface area contributed by atoms with E-state index in [0.717, 1.165) is 6.54 Å². The normalized spacial score (nSPS) is 11.6. The number of ketones is 1. The Bertz CT molecular complexity index is 270. The van der Waals surface area contributed by atoms with E-state index >= 15 is 0 Å². The van der Waals surface area contributed by atoms with Crippen LogP contribution in [0.1, 0.15) is 27.2 Å². The predicted molar refractivity (Wildman–Crippen MR) is 51.3 cm³/mol. The lowest BCUT2D eigenvalue weighted by atomic mass is 9.89. The second-order valence-electron chi connectivity index (χ2n) is 4.22. The van der Waals surface area contributed by atoms with Gasteiger partial charge in [-0.15, -0.1) is 0 Å². The first-order chi connectivity index (χ1) is 6.00. The lowest BCUT2D eigenvalue weighted by molar-refractivity contribution is -0.126. The van der Waals surface area contributed by atoms with Crippen LogP contribution in [0.3, 0.4) is 0 Å². The standard InChI is InChI=1S/C10H16N2O/c1-10(2,3)9(13)4-6-12-7-5-11-8-12/h5,7-8H,4,6H2,1-3H3.